The van der Waals surface area contributed by atoms with Gasteiger partial charge in [0.25, 0.3) is 0 Å². The highest BCUT2D eigenvalue weighted by atomic mass is 35.5. The molecule has 1 aliphatic heterocycles. The third-order valence-electron chi connectivity index (χ3n) is 4.19. The van der Waals surface area contributed by atoms with Gasteiger partial charge in [0, 0.05) is 23.7 Å². The van der Waals surface area contributed by atoms with Gasteiger partial charge >= 0.3 is 5.97 Å². The van der Waals surface area contributed by atoms with Crippen molar-refractivity contribution >= 4 is 17.6 Å². The molecule has 1 aliphatic rings. The van der Waals surface area contributed by atoms with Crippen LogP contribution in [0, 0.1) is 11.2 Å². The number of rotatable bonds is 4. The fourth-order valence-electron chi connectivity index (χ4n) is 2.88. The molecular formula is C15H19ClFNO2. The van der Waals surface area contributed by atoms with Crippen LogP contribution in [0.5, 0.6) is 0 Å². The van der Waals surface area contributed by atoms with Gasteiger partial charge in [-0.3, -0.25) is 9.69 Å². The minimum atomic E-state index is -0.753. The van der Waals surface area contributed by atoms with Crippen LogP contribution in [0.15, 0.2) is 18.2 Å². The second kappa shape index (κ2) is 6.10. The van der Waals surface area contributed by atoms with Crippen LogP contribution in [-0.2, 0) is 11.3 Å². The van der Waals surface area contributed by atoms with Crippen LogP contribution in [0.3, 0.4) is 0 Å². The Morgan fingerprint density at radius 1 is 1.55 bits per heavy atom. The minimum absolute atomic E-state index is 0.294. The lowest BCUT2D eigenvalue weighted by Gasteiger charge is -2.39. The first-order valence-electron chi connectivity index (χ1n) is 6.86. The molecular weight excluding hydrogens is 281 g/mol. The SMILES string of the molecule is CCC1(C(=O)O)CCCN(Cc2cc(Cl)ccc2F)C1. The van der Waals surface area contributed by atoms with Crippen molar-refractivity contribution in [2.75, 3.05) is 13.1 Å². The molecule has 5 heteroatoms. The number of benzene rings is 1. The van der Waals surface area contributed by atoms with E-state index in [0.717, 1.165) is 13.0 Å². The second-order valence-electron chi connectivity index (χ2n) is 5.49. The lowest BCUT2D eigenvalue weighted by Crippen LogP contribution is -2.47. The summed E-state index contributed by atoms with van der Waals surface area (Å²) < 4.78 is 13.8. The Kier molecular flexibility index (Phi) is 4.66. The van der Waals surface area contributed by atoms with E-state index in [1.54, 1.807) is 6.07 Å². The smallest absolute Gasteiger partial charge is 0.310 e. The normalized spacial score (nSPS) is 23.8. The number of aliphatic carboxylic acids is 1. The van der Waals surface area contributed by atoms with E-state index in [9.17, 15) is 14.3 Å². The first-order chi connectivity index (χ1) is 9.47. The molecule has 2 rings (SSSR count). The molecule has 1 N–H and O–H groups in total. The maximum atomic E-state index is 13.8. The molecule has 110 valence electrons. The number of hydrogen-bond donors (Lipinski definition) is 1. The van der Waals surface area contributed by atoms with Crippen LogP contribution in [0.4, 0.5) is 4.39 Å². The molecule has 1 saturated heterocycles. The Morgan fingerprint density at radius 3 is 2.95 bits per heavy atom. The summed E-state index contributed by atoms with van der Waals surface area (Å²) in [5.74, 6) is -1.05. The summed E-state index contributed by atoms with van der Waals surface area (Å²) in [6.45, 7) is 3.56. The van der Waals surface area contributed by atoms with Crippen molar-refractivity contribution in [2.24, 2.45) is 5.41 Å². The summed E-state index contributed by atoms with van der Waals surface area (Å²) in [5, 5.41) is 9.95. The van der Waals surface area contributed by atoms with Crippen molar-refractivity contribution in [3.05, 3.63) is 34.6 Å². The number of halogens is 2. The van der Waals surface area contributed by atoms with Crippen molar-refractivity contribution in [1.82, 2.24) is 4.90 Å². The van der Waals surface area contributed by atoms with E-state index >= 15 is 0 Å². The standard InChI is InChI=1S/C15H19ClFNO2/c1-2-15(14(19)20)6-3-7-18(10-15)9-11-8-12(16)4-5-13(11)17/h4-5,8H,2-3,6-7,9-10H2,1H3,(H,19,20). The molecule has 1 atom stereocenters. The van der Waals surface area contributed by atoms with Gasteiger partial charge in [0.15, 0.2) is 0 Å². The fraction of sp³-hybridized carbons (Fsp3) is 0.533. The first kappa shape index (κ1) is 15.3. The zero-order valence-electron chi connectivity index (χ0n) is 11.5. The van der Waals surface area contributed by atoms with Gasteiger partial charge in [0.05, 0.1) is 5.41 Å². The molecule has 0 bridgehead atoms. The predicted molar refractivity (Wildman–Crippen MR) is 76.3 cm³/mol. The third-order valence-corrected chi connectivity index (χ3v) is 4.42. The van der Waals surface area contributed by atoms with Crippen LogP contribution in [0.25, 0.3) is 0 Å². The van der Waals surface area contributed by atoms with E-state index in [1.807, 2.05) is 11.8 Å². The Bertz CT molecular complexity index is 509. The number of likely N-dealkylation sites (tertiary alicyclic amines) is 1. The maximum absolute atomic E-state index is 13.8. The number of hydrogen-bond acceptors (Lipinski definition) is 2. The number of carboxylic acids is 1. The molecule has 1 heterocycles. The number of carbonyl (C=O) groups is 1. The Morgan fingerprint density at radius 2 is 2.30 bits per heavy atom. The molecule has 0 saturated carbocycles. The number of piperidine rings is 1. The summed E-state index contributed by atoms with van der Waals surface area (Å²) in [4.78, 5) is 13.5. The first-order valence-corrected chi connectivity index (χ1v) is 7.24. The van der Waals surface area contributed by atoms with Crippen LogP contribution in [0.1, 0.15) is 31.7 Å². The maximum Gasteiger partial charge on any atom is 0.310 e. The molecule has 1 fully saturated rings. The van der Waals surface area contributed by atoms with E-state index in [4.69, 9.17) is 11.6 Å². The number of nitrogens with zero attached hydrogens (tertiary/aromatic N) is 1. The van der Waals surface area contributed by atoms with Gasteiger partial charge in [-0.2, -0.15) is 0 Å². The highest BCUT2D eigenvalue weighted by Gasteiger charge is 2.40. The van der Waals surface area contributed by atoms with E-state index in [0.29, 0.717) is 36.5 Å². The van der Waals surface area contributed by atoms with Gasteiger partial charge < -0.3 is 5.11 Å². The summed E-state index contributed by atoms with van der Waals surface area (Å²) >= 11 is 5.89. The molecule has 1 aromatic carbocycles. The summed E-state index contributed by atoms with van der Waals surface area (Å²) in [7, 11) is 0. The molecule has 1 unspecified atom stereocenters. The Balaban J connectivity index is 2.13. The monoisotopic (exact) mass is 299 g/mol. The summed E-state index contributed by atoms with van der Waals surface area (Å²) in [6.07, 6.45) is 2.10. The number of carboxylic acid groups (broad SMARTS) is 1. The zero-order valence-corrected chi connectivity index (χ0v) is 12.3. The van der Waals surface area contributed by atoms with E-state index in [1.165, 1.54) is 12.1 Å². The van der Waals surface area contributed by atoms with Crippen LogP contribution < -0.4 is 0 Å². The van der Waals surface area contributed by atoms with Gasteiger partial charge in [0.2, 0.25) is 0 Å². The van der Waals surface area contributed by atoms with Gasteiger partial charge in [-0.1, -0.05) is 18.5 Å². The molecule has 1 aromatic rings. The molecule has 0 aliphatic carbocycles. The quantitative estimate of drug-likeness (QED) is 0.924. The van der Waals surface area contributed by atoms with Gasteiger partial charge in [-0.15, -0.1) is 0 Å². The van der Waals surface area contributed by atoms with Crippen LogP contribution in [-0.4, -0.2) is 29.1 Å². The lowest BCUT2D eigenvalue weighted by atomic mass is 9.77. The lowest BCUT2D eigenvalue weighted by molar-refractivity contribution is -0.153. The van der Waals surface area contributed by atoms with Crippen molar-refractivity contribution in [1.29, 1.82) is 0 Å². The van der Waals surface area contributed by atoms with Crippen LogP contribution >= 0.6 is 11.6 Å². The largest absolute Gasteiger partial charge is 0.481 e. The zero-order chi connectivity index (χ0) is 14.8. The molecule has 3 nitrogen and oxygen atoms in total. The summed E-state index contributed by atoms with van der Waals surface area (Å²) in [6, 6.07) is 4.48. The highest BCUT2D eigenvalue weighted by molar-refractivity contribution is 6.30. The summed E-state index contributed by atoms with van der Waals surface area (Å²) in [5.41, 5.74) is -0.178. The average molecular weight is 300 g/mol. The van der Waals surface area contributed by atoms with Crippen molar-refractivity contribution in [3.63, 3.8) is 0 Å². The second-order valence-corrected chi connectivity index (χ2v) is 5.93. The van der Waals surface area contributed by atoms with Crippen molar-refractivity contribution in [3.8, 4) is 0 Å². The topological polar surface area (TPSA) is 40.5 Å². The van der Waals surface area contributed by atoms with E-state index in [2.05, 4.69) is 0 Å². The van der Waals surface area contributed by atoms with E-state index in [-0.39, 0.29) is 5.82 Å². The molecule has 0 amide bonds. The average Bonchev–Trinajstić information content (AvgIpc) is 2.43. The minimum Gasteiger partial charge on any atom is -0.481 e. The molecule has 0 spiro atoms. The Labute approximate surface area is 123 Å². The Hall–Kier alpha value is -1.13. The highest BCUT2D eigenvalue weighted by Crippen LogP contribution is 2.34. The van der Waals surface area contributed by atoms with Crippen LogP contribution in [0.2, 0.25) is 5.02 Å². The fourth-order valence-corrected chi connectivity index (χ4v) is 3.08. The van der Waals surface area contributed by atoms with E-state index < -0.39 is 11.4 Å². The molecule has 0 radical (unpaired) electrons. The molecule has 0 aromatic heterocycles. The van der Waals surface area contributed by atoms with Crippen molar-refractivity contribution in [2.45, 2.75) is 32.7 Å². The third kappa shape index (κ3) is 3.13. The van der Waals surface area contributed by atoms with Gasteiger partial charge in [-0.25, -0.2) is 4.39 Å². The van der Waals surface area contributed by atoms with Crippen molar-refractivity contribution < 1.29 is 14.3 Å². The van der Waals surface area contributed by atoms with Gasteiger partial charge in [0.1, 0.15) is 5.82 Å². The van der Waals surface area contributed by atoms with Gasteiger partial charge in [-0.05, 0) is 44.0 Å². The predicted octanol–water partition coefficient (Wildman–Crippen LogP) is 3.56. The molecule has 20 heavy (non-hydrogen) atoms.